The number of piperidine rings is 1. The van der Waals surface area contributed by atoms with Crippen molar-refractivity contribution in [3.05, 3.63) is 0 Å². The van der Waals surface area contributed by atoms with Gasteiger partial charge in [0.2, 0.25) is 0 Å². The van der Waals surface area contributed by atoms with E-state index in [-0.39, 0.29) is 6.04 Å². The quantitative estimate of drug-likeness (QED) is 0.218. The van der Waals surface area contributed by atoms with Crippen LogP contribution in [0.2, 0.25) is 0 Å². The molecule has 0 aromatic carbocycles. The molecule has 2 atom stereocenters. The summed E-state index contributed by atoms with van der Waals surface area (Å²) in [6, 6.07) is 0.287. The lowest BCUT2D eigenvalue weighted by Crippen LogP contribution is -2.48. The van der Waals surface area contributed by atoms with Crippen LogP contribution >= 0.6 is 0 Å². The molecule has 3 N–H and O–H groups in total. The molecule has 2 unspecified atom stereocenters. The van der Waals surface area contributed by atoms with Crippen LogP contribution in [-0.2, 0) is 9.59 Å². The van der Waals surface area contributed by atoms with E-state index in [1.54, 1.807) is 4.90 Å². The van der Waals surface area contributed by atoms with Gasteiger partial charge >= 0.3 is 11.8 Å². The third-order valence-corrected chi connectivity index (χ3v) is 3.00. The maximum atomic E-state index is 11.4. The highest BCUT2D eigenvalue weighted by Gasteiger charge is 2.41. The average Bonchev–Trinajstić information content (AvgIpc) is 2.76. The first-order valence-electron chi connectivity index (χ1n) is 4.54. The van der Waals surface area contributed by atoms with Crippen LogP contribution in [0, 0.1) is 5.92 Å². The zero-order chi connectivity index (χ0) is 9.42. The van der Waals surface area contributed by atoms with Gasteiger partial charge in [-0.15, -0.1) is 0 Å². The van der Waals surface area contributed by atoms with E-state index in [1.165, 1.54) is 6.42 Å². The summed E-state index contributed by atoms with van der Waals surface area (Å²) in [7, 11) is 0. The zero-order valence-electron chi connectivity index (χ0n) is 7.32. The Kier molecular flexibility index (Phi) is 1.95. The van der Waals surface area contributed by atoms with Crippen molar-refractivity contribution in [1.82, 2.24) is 10.3 Å². The first-order valence-corrected chi connectivity index (χ1v) is 4.54. The summed E-state index contributed by atoms with van der Waals surface area (Å²) in [5.74, 6) is 4.32. The van der Waals surface area contributed by atoms with Gasteiger partial charge in [-0.2, -0.15) is 0 Å². The monoisotopic (exact) mass is 183 g/mol. The lowest BCUT2D eigenvalue weighted by Gasteiger charge is -2.25. The summed E-state index contributed by atoms with van der Waals surface area (Å²) < 4.78 is 0. The standard InChI is InChI=1S/C8H13N3O2/c9-10-7(12)8(13)11-4-5-1-2-6(11)3-5/h5-6H,1-4,9H2,(H,10,12). The molecule has 2 rings (SSSR count). The molecule has 2 fully saturated rings. The maximum Gasteiger partial charge on any atom is 0.323 e. The second-order valence-electron chi connectivity index (χ2n) is 3.76. The van der Waals surface area contributed by atoms with Gasteiger partial charge in [-0.3, -0.25) is 15.0 Å². The smallest absolute Gasteiger partial charge is 0.323 e. The number of likely N-dealkylation sites (tertiary alicyclic amines) is 1. The number of carbonyl (C=O) groups is 2. The molecular weight excluding hydrogens is 170 g/mol. The molecule has 2 amide bonds. The van der Waals surface area contributed by atoms with Crippen LogP contribution < -0.4 is 11.3 Å². The summed E-state index contributed by atoms with van der Waals surface area (Å²) in [5.41, 5.74) is 1.87. The molecule has 13 heavy (non-hydrogen) atoms. The van der Waals surface area contributed by atoms with Crippen molar-refractivity contribution in [3.63, 3.8) is 0 Å². The summed E-state index contributed by atoms with van der Waals surface area (Å²) >= 11 is 0. The Labute approximate surface area is 76.2 Å². The summed E-state index contributed by atoms with van der Waals surface area (Å²) in [6.07, 6.45) is 3.29. The van der Waals surface area contributed by atoms with Gasteiger partial charge in [-0.05, 0) is 25.2 Å². The molecule has 2 aliphatic rings. The summed E-state index contributed by atoms with van der Waals surface area (Å²) in [5, 5.41) is 0. The van der Waals surface area contributed by atoms with Gasteiger partial charge in [0.25, 0.3) is 0 Å². The molecule has 0 aromatic rings. The summed E-state index contributed by atoms with van der Waals surface area (Å²) in [6.45, 7) is 0.733. The molecule has 2 bridgehead atoms. The van der Waals surface area contributed by atoms with Crippen LogP contribution in [0.4, 0.5) is 0 Å². The number of hydrogen-bond acceptors (Lipinski definition) is 3. The SMILES string of the molecule is NNC(=O)C(=O)N1CC2CCC1C2. The molecule has 1 saturated carbocycles. The van der Waals surface area contributed by atoms with Crippen molar-refractivity contribution in [1.29, 1.82) is 0 Å². The minimum absolute atomic E-state index is 0.287. The Bertz CT molecular complexity index is 254. The zero-order valence-corrected chi connectivity index (χ0v) is 7.32. The predicted molar refractivity (Wildman–Crippen MR) is 45.2 cm³/mol. The van der Waals surface area contributed by atoms with E-state index < -0.39 is 11.8 Å². The molecule has 5 heteroatoms. The van der Waals surface area contributed by atoms with E-state index in [0.717, 1.165) is 19.4 Å². The van der Waals surface area contributed by atoms with Gasteiger partial charge in [-0.25, -0.2) is 5.84 Å². The van der Waals surface area contributed by atoms with E-state index in [2.05, 4.69) is 0 Å². The molecule has 1 aliphatic heterocycles. The molecular formula is C8H13N3O2. The van der Waals surface area contributed by atoms with Gasteiger partial charge in [-0.1, -0.05) is 0 Å². The first kappa shape index (κ1) is 8.50. The molecule has 1 aliphatic carbocycles. The van der Waals surface area contributed by atoms with Crippen LogP contribution in [-0.4, -0.2) is 29.3 Å². The third-order valence-electron chi connectivity index (χ3n) is 3.00. The molecule has 0 spiro atoms. The van der Waals surface area contributed by atoms with Crippen molar-refractivity contribution in [2.24, 2.45) is 11.8 Å². The second kappa shape index (κ2) is 2.99. The normalized spacial score (nSPS) is 30.7. The fourth-order valence-electron chi connectivity index (χ4n) is 2.37. The number of carbonyl (C=O) groups excluding carboxylic acids is 2. The van der Waals surface area contributed by atoms with E-state index >= 15 is 0 Å². The first-order chi connectivity index (χ1) is 6.22. The van der Waals surface area contributed by atoms with Gasteiger partial charge in [0.15, 0.2) is 0 Å². The largest absolute Gasteiger partial charge is 0.331 e. The number of nitrogens with one attached hydrogen (secondary N) is 1. The van der Waals surface area contributed by atoms with Crippen LogP contribution in [0.3, 0.4) is 0 Å². The van der Waals surface area contributed by atoms with Gasteiger partial charge < -0.3 is 4.90 Å². The fraction of sp³-hybridized carbons (Fsp3) is 0.750. The highest BCUT2D eigenvalue weighted by molar-refractivity contribution is 6.34. The number of fused-ring (bicyclic) bond motifs is 2. The van der Waals surface area contributed by atoms with Crippen molar-refractivity contribution in [3.8, 4) is 0 Å². The summed E-state index contributed by atoms with van der Waals surface area (Å²) in [4.78, 5) is 24.0. The molecule has 0 aromatic heterocycles. The Morgan fingerprint density at radius 3 is 2.62 bits per heavy atom. The highest BCUT2D eigenvalue weighted by Crippen LogP contribution is 2.37. The molecule has 1 heterocycles. The van der Waals surface area contributed by atoms with E-state index in [9.17, 15) is 9.59 Å². The van der Waals surface area contributed by atoms with Crippen LogP contribution in [0.15, 0.2) is 0 Å². The van der Waals surface area contributed by atoms with Gasteiger partial charge in [0, 0.05) is 12.6 Å². The average molecular weight is 183 g/mol. The number of hydrogen-bond donors (Lipinski definition) is 2. The van der Waals surface area contributed by atoms with E-state index in [4.69, 9.17) is 5.84 Å². The Morgan fingerprint density at radius 1 is 1.38 bits per heavy atom. The van der Waals surface area contributed by atoms with E-state index in [0.29, 0.717) is 5.92 Å². The molecule has 1 saturated heterocycles. The molecule has 0 radical (unpaired) electrons. The highest BCUT2D eigenvalue weighted by atomic mass is 16.2. The van der Waals surface area contributed by atoms with Crippen molar-refractivity contribution in [2.45, 2.75) is 25.3 Å². The fourth-order valence-corrected chi connectivity index (χ4v) is 2.37. The van der Waals surface area contributed by atoms with Crippen molar-refractivity contribution in [2.75, 3.05) is 6.54 Å². The van der Waals surface area contributed by atoms with Crippen LogP contribution in [0.25, 0.3) is 0 Å². The lowest BCUT2D eigenvalue weighted by atomic mass is 10.1. The van der Waals surface area contributed by atoms with Gasteiger partial charge in [0.05, 0.1) is 0 Å². The second-order valence-corrected chi connectivity index (χ2v) is 3.76. The lowest BCUT2D eigenvalue weighted by molar-refractivity contribution is -0.147. The Morgan fingerprint density at radius 2 is 2.15 bits per heavy atom. The van der Waals surface area contributed by atoms with E-state index in [1.807, 2.05) is 5.43 Å². The number of rotatable bonds is 0. The van der Waals surface area contributed by atoms with Crippen molar-refractivity contribution >= 4 is 11.8 Å². The topological polar surface area (TPSA) is 75.4 Å². The number of amides is 2. The molecule has 5 nitrogen and oxygen atoms in total. The number of nitrogens with two attached hydrogens (primary N) is 1. The van der Waals surface area contributed by atoms with Crippen LogP contribution in [0.5, 0.6) is 0 Å². The predicted octanol–water partition coefficient (Wildman–Crippen LogP) is -1.01. The molecule has 72 valence electrons. The van der Waals surface area contributed by atoms with Crippen molar-refractivity contribution < 1.29 is 9.59 Å². The minimum Gasteiger partial charge on any atom is -0.331 e. The minimum atomic E-state index is -0.701. The Balaban J connectivity index is 2.02. The third kappa shape index (κ3) is 1.29. The Hall–Kier alpha value is -1.10. The number of nitrogens with zero attached hydrogens (tertiary/aromatic N) is 1. The van der Waals surface area contributed by atoms with Crippen LogP contribution in [0.1, 0.15) is 19.3 Å². The van der Waals surface area contributed by atoms with Gasteiger partial charge in [0.1, 0.15) is 0 Å². The number of hydrazine groups is 1. The maximum absolute atomic E-state index is 11.4.